The van der Waals surface area contributed by atoms with Crippen molar-refractivity contribution in [2.24, 2.45) is 11.7 Å². The molecule has 20 heavy (non-hydrogen) atoms. The van der Waals surface area contributed by atoms with Crippen molar-refractivity contribution in [2.45, 2.75) is 45.3 Å². The van der Waals surface area contributed by atoms with Crippen LogP contribution in [0.5, 0.6) is 0 Å². The Bertz CT molecular complexity index is 357. The minimum absolute atomic E-state index is 0.0719. The van der Waals surface area contributed by atoms with Crippen molar-refractivity contribution in [1.82, 2.24) is 10.6 Å². The van der Waals surface area contributed by atoms with Crippen LogP contribution >= 0.6 is 0 Å². The molecule has 0 aliphatic rings. The number of aliphatic hydroxyl groups excluding tert-OH is 1. The van der Waals surface area contributed by atoms with Crippen molar-refractivity contribution in [3.63, 3.8) is 0 Å². The van der Waals surface area contributed by atoms with E-state index in [-0.39, 0.29) is 12.3 Å². The molecule has 0 rings (SSSR count). The van der Waals surface area contributed by atoms with Crippen LogP contribution in [0.2, 0.25) is 0 Å². The van der Waals surface area contributed by atoms with Crippen LogP contribution in [0.1, 0.15) is 27.2 Å². The predicted octanol–water partition coefficient (Wildman–Crippen LogP) is -1.57. The summed E-state index contributed by atoms with van der Waals surface area (Å²) in [6, 6.07) is -3.12. The highest BCUT2D eigenvalue weighted by Crippen LogP contribution is 2.05. The molecule has 6 N–H and O–H groups in total. The molecule has 0 aliphatic heterocycles. The highest BCUT2D eigenvalue weighted by atomic mass is 16.4. The molecule has 8 nitrogen and oxygen atoms in total. The molecule has 0 unspecified atom stereocenters. The Labute approximate surface area is 117 Å². The van der Waals surface area contributed by atoms with Crippen LogP contribution in [0, 0.1) is 5.92 Å². The van der Waals surface area contributed by atoms with Crippen molar-refractivity contribution in [1.29, 1.82) is 0 Å². The third-order valence-electron chi connectivity index (χ3n) is 2.55. The van der Waals surface area contributed by atoms with Crippen LogP contribution in [0.25, 0.3) is 0 Å². The highest BCUT2D eigenvalue weighted by molar-refractivity contribution is 5.91. The lowest BCUT2D eigenvalue weighted by atomic mass is 10.0. The summed E-state index contributed by atoms with van der Waals surface area (Å²) in [7, 11) is 0. The number of carbonyl (C=O) groups excluding carboxylic acids is 2. The lowest BCUT2D eigenvalue weighted by molar-refractivity contribution is -0.143. The van der Waals surface area contributed by atoms with Gasteiger partial charge < -0.3 is 26.6 Å². The molecular weight excluding hydrogens is 266 g/mol. The van der Waals surface area contributed by atoms with E-state index in [0.29, 0.717) is 0 Å². The SMILES string of the molecule is CC(C)C[C@H](NC(=O)[C@H](CO)NC(=O)[C@H](C)N)C(=O)O. The maximum atomic E-state index is 11.8. The largest absolute Gasteiger partial charge is 0.480 e. The average Bonchev–Trinajstić information content (AvgIpc) is 2.33. The first kappa shape index (κ1) is 18.3. The molecule has 0 bridgehead atoms. The van der Waals surface area contributed by atoms with Crippen molar-refractivity contribution >= 4 is 17.8 Å². The van der Waals surface area contributed by atoms with E-state index in [1.807, 2.05) is 13.8 Å². The number of nitrogens with one attached hydrogen (secondary N) is 2. The minimum atomic E-state index is -1.22. The number of carboxylic acid groups (broad SMARTS) is 1. The van der Waals surface area contributed by atoms with Gasteiger partial charge in [0.1, 0.15) is 12.1 Å². The number of carboxylic acids is 1. The molecule has 2 amide bonds. The molecule has 0 spiro atoms. The van der Waals surface area contributed by atoms with E-state index in [9.17, 15) is 14.4 Å². The fraction of sp³-hybridized carbons (Fsp3) is 0.750. The second-order valence-electron chi connectivity index (χ2n) is 5.06. The molecule has 0 fully saturated rings. The van der Waals surface area contributed by atoms with Gasteiger partial charge in [-0.15, -0.1) is 0 Å². The Morgan fingerprint density at radius 2 is 1.55 bits per heavy atom. The third kappa shape index (κ3) is 6.48. The molecular formula is C12H23N3O5. The van der Waals surface area contributed by atoms with Gasteiger partial charge in [0.15, 0.2) is 0 Å². The van der Waals surface area contributed by atoms with Crippen LogP contribution < -0.4 is 16.4 Å². The number of carbonyl (C=O) groups is 3. The lowest BCUT2D eigenvalue weighted by Gasteiger charge is -2.21. The fourth-order valence-corrected chi connectivity index (χ4v) is 1.46. The van der Waals surface area contributed by atoms with E-state index < -0.39 is 42.5 Å². The van der Waals surface area contributed by atoms with E-state index in [2.05, 4.69) is 10.6 Å². The molecule has 0 saturated heterocycles. The quantitative estimate of drug-likeness (QED) is 0.365. The average molecular weight is 289 g/mol. The van der Waals surface area contributed by atoms with Crippen molar-refractivity contribution < 1.29 is 24.6 Å². The van der Waals surface area contributed by atoms with Crippen LogP contribution in [-0.2, 0) is 14.4 Å². The summed E-state index contributed by atoms with van der Waals surface area (Å²) in [5.41, 5.74) is 5.33. The molecule has 0 aromatic carbocycles. The van der Waals surface area contributed by atoms with E-state index in [4.69, 9.17) is 15.9 Å². The number of aliphatic carboxylic acids is 1. The van der Waals surface area contributed by atoms with Crippen molar-refractivity contribution in [2.75, 3.05) is 6.61 Å². The Balaban J connectivity index is 4.66. The summed E-state index contributed by atoms with van der Waals surface area (Å²) in [6.07, 6.45) is 0.250. The smallest absolute Gasteiger partial charge is 0.326 e. The number of hydrogen-bond donors (Lipinski definition) is 5. The number of aliphatic hydroxyl groups is 1. The fourth-order valence-electron chi connectivity index (χ4n) is 1.46. The maximum Gasteiger partial charge on any atom is 0.326 e. The van der Waals surface area contributed by atoms with Gasteiger partial charge in [0.05, 0.1) is 12.6 Å². The number of amides is 2. The maximum absolute atomic E-state index is 11.8. The van der Waals surface area contributed by atoms with Gasteiger partial charge in [-0.25, -0.2) is 4.79 Å². The first-order chi connectivity index (χ1) is 9.18. The number of hydrogen-bond acceptors (Lipinski definition) is 5. The van der Waals surface area contributed by atoms with Crippen LogP contribution in [0.4, 0.5) is 0 Å². The zero-order valence-electron chi connectivity index (χ0n) is 11.9. The van der Waals surface area contributed by atoms with Crippen molar-refractivity contribution in [3.8, 4) is 0 Å². The Morgan fingerprint density at radius 1 is 1.05 bits per heavy atom. The standard InChI is InChI=1S/C12H23N3O5/c1-6(2)4-8(12(19)20)14-11(18)9(5-16)15-10(17)7(3)13/h6-9,16H,4-5,13H2,1-3H3,(H,14,18)(H,15,17)(H,19,20)/t7-,8-,9-/m0/s1. The predicted molar refractivity (Wildman–Crippen MR) is 71.7 cm³/mol. The van der Waals surface area contributed by atoms with Gasteiger partial charge in [-0.1, -0.05) is 13.8 Å². The van der Waals surface area contributed by atoms with Gasteiger partial charge in [0, 0.05) is 0 Å². The molecule has 0 saturated carbocycles. The molecule has 3 atom stereocenters. The van der Waals surface area contributed by atoms with E-state index in [1.54, 1.807) is 0 Å². The summed E-state index contributed by atoms with van der Waals surface area (Å²) >= 11 is 0. The summed E-state index contributed by atoms with van der Waals surface area (Å²) in [5, 5.41) is 22.6. The van der Waals surface area contributed by atoms with Gasteiger partial charge >= 0.3 is 5.97 Å². The monoisotopic (exact) mass is 289 g/mol. The Kier molecular flexibility index (Phi) is 7.78. The van der Waals surface area contributed by atoms with E-state index in [1.165, 1.54) is 6.92 Å². The second kappa shape index (κ2) is 8.49. The summed E-state index contributed by atoms with van der Waals surface area (Å²) in [4.78, 5) is 34.2. The first-order valence-corrected chi connectivity index (χ1v) is 6.39. The van der Waals surface area contributed by atoms with Gasteiger partial charge in [-0.2, -0.15) is 0 Å². The lowest BCUT2D eigenvalue weighted by Crippen LogP contribution is -2.55. The van der Waals surface area contributed by atoms with Crippen molar-refractivity contribution in [3.05, 3.63) is 0 Å². The molecule has 8 heteroatoms. The van der Waals surface area contributed by atoms with E-state index in [0.717, 1.165) is 0 Å². The summed E-state index contributed by atoms with van der Waals surface area (Å²) in [6.45, 7) is 4.44. The Hall–Kier alpha value is -1.67. The summed E-state index contributed by atoms with van der Waals surface area (Å²) < 4.78 is 0. The minimum Gasteiger partial charge on any atom is -0.480 e. The molecule has 0 aromatic rings. The zero-order chi connectivity index (χ0) is 15.9. The van der Waals surface area contributed by atoms with Gasteiger partial charge in [-0.3, -0.25) is 9.59 Å². The molecule has 0 radical (unpaired) electrons. The molecule has 0 aliphatic carbocycles. The van der Waals surface area contributed by atoms with Crippen LogP contribution in [0.3, 0.4) is 0 Å². The van der Waals surface area contributed by atoms with Gasteiger partial charge in [-0.05, 0) is 19.3 Å². The van der Waals surface area contributed by atoms with Gasteiger partial charge in [0.2, 0.25) is 11.8 Å². The topological polar surface area (TPSA) is 142 Å². The van der Waals surface area contributed by atoms with Crippen LogP contribution in [-0.4, -0.2) is 52.7 Å². The molecule has 116 valence electrons. The molecule has 0 aromatic heterocycles. The number of rotatable bonds is 8. The normalized spacial score (nSPS) is 15.3. The van der Waals surface area contributed by atoms with E-state index >= 15 is 0 Å². The summed E-state index contributed by atoms with van der Waals surface area (Å²) in [5.74, 6) is -2.45. The highest BCUT2D eigenvalue weighted by Gasteiger charge is 2.27. The van der Waals surface area contributed by atoms with Crippen LogP contribution in [0.15, 0.2) is 0 Å². The zero-order valence-corrected chi connectivity index (χ0v) is 11.9. The Morgan fingerprint density at radius 3 is 1.90 bits per heavy atom. The second-order valence-corrected chi connectivity index (χ2v) is 5.06. The third-order valence-corrected chi connectivity index (χ3v) is 2.55. The van der Waals surface area contributed by atoms with Gasteiger partial charge in [0.25, 0.3) is 0 Å². The first-order valence-electron chi connectivity index (χ1n) is 6.39. The molecule has 0 heterocycles. The number of nitrogens with two attached hydrogens (primary N) is 1.